The summed E-state index contributed by atoms with van der Waals surface area (Å²) in [5, 5.41) is 4.74. The number of piperazine rings is 1. The van der Waals surface area contributed by atoms with E-state index in [4.69, 9.17) is 4.98 Å². The van der Waals surface area contributed by atoms with Crippen LogP contribution in [0, 0.1) is 20.8 Å². The van der Waals surface area contributed by atoms with Crippen molar-refractivity contribution in [3.05, 3.63) is 35.0 Å². The molecule has 2 heterocycles. The van der Waals surface area contributed by atoms with Gasteiger partial charge in [0, 0.05) is 42.9 Å². The summed E-state index contributed by atoms with van der Waals surface area (Å²) in [6, 6.07) is 6.62. The van der Waals surface area contributed by atoms with Gasteiger partial charge in [0.2, 0.25) is 0 Å². The quantitative estimate of drug-likeness (QED) is 0.849. The molecule has 0 aliphatic carbocycles. The maximum absolute atomic E-state index is 4.75. The fraction of sp³-hybridized carbons (Fsp3) is 0.438. The van der Waals surface area contributed by atoms with Crippen LogP contribution in [0.1, 0.15) is 16.8 Å². The predicted molar refractivity (Wildman–Crippen MR) is 81.0 cm³/mol. The number of anilines is 1. The molecule has 1 aromatic heterocycles. The van der Waals surface area contributed by atoms with Gasteiger partial charge in [-0.25, -0.2) is 0 Å². The van der Waals surface area contributed by atoms with Gasteiger partial charge in [-0.2, -0.15) is 0 Å². The number of nitrogens with zero attached hydrogens (tertiary/aromatic N) is 2. The topological polar surface area (TPSA) is 28.2 Å². The number of fused-ring (bicyclic) bond motifs is 1. The van der Waals surface area contributed by atoms with Gasteiger partial charge in [0.25, 0.3) is 0 Å². The lowest BCUT2D eigenvalue weighted by molar-refractivity contribution is 0.590. The van der Waals surface area contributed by atoms with Gasteiger partial charge in [-0.15, -0.1) is 0 Å². The zero-order valence-corrected chi connectivity index (χ0v) is 12.0. The van der Waals surface area contributed by atoms with Gasteiger partial charge < -0.3 is 10.2 Å². The van der Waals surface area contributed by atoms with Crippen molar-refractivity contribution in [3.63, 3.8) is 0 Å². The summed E-state index contributed by atoms with van der Waals surface area (Å²) in [5.41, 5.74) is 6.20. The van der Waals surface area contributed by atoms with Crippen molar-refractivity contribution in [2.45, 2.75) is 20.8 Å². The van der Waals surface area contributed by atoms with E-state index < -0.39 is 0 Å². The Morgan fingerprint density at radius 1 is 1.05 bits per heavy atom. The Labute approximate surface area is 114 Å². The molecular formula is C16H21N3. The zero-order valence-electron chi connectivity index (χ0n) is 12.0. The zero-order chi connectivity index (χ0) is 13.4. The molecule has 3 rings (SSSR count). The first-order chi connectivity index (χ1) is 9.16. The molecule has 19 heavy (non-hydrogen) atoms. The van der Waals surface area contributed by atoms with Gasteiger partial charge in [0.1, 0.15) is 0 Å². The highest BCUT2D eigenvalue weighted by molar-refractivity contribution is 5.96. The molecule has 0 atom stereocenters. The highest BCUT2D eigenvalue weighted by Crippen LogP contribution is 2.31. The summed E-state index contributed by atoms with van der Waals surface area (Å²) in [7, 11) is 0. The number of hydrogen-bond acceptors (Lipinski definition) is 3. The molecule has 1 aromatic carbocycles. The smallest absolute Gasteiger partial charge is 0.0757 e. The molecule has 0 amide bonds. The molecule has 1 aliphatic heterocycles. The molecule has 0 spiro atoms. The fourth-order valence-corrected chi connectivity index (χ4v) is 2.90. The Bertz CT molecular complexity index is 613. The van der Waals surface area contributed by atoms with E-state index in [1.165, 1.54) is 22.2 Å². The van der Waals surface area contributed by atoms with Crippen molar-refractivity contribution in [1.82, 2.24) is 10.3 Å². The lowest BCUT2D eigenvalue weighted by atomic mass is 10.0. The monoisotopic (exact) mass is 255 g/mol. The van der Waals surface area contributed by atoms with E-state index in [1.54, 1.807) is 0 Å². The van der Waals surface area contributed by atoms with Crippen LogP contribution in [0.25, 0.3) is 10.9 Å². The number of rotatable bonds is 1. The molecular weight excluding hydrogens is 234 g/mol. The van der Waals surface area contributed by atoms with Gasteiger partial charge in [0.05, 0.1) is 5.52 Å². The largest absolute Gasteiger partial charge is 0.368 e. The Hall–Kier alpha value is -1.61. The van der Waals surface area contributed by atoms with Gasteiger partial charge in [-0.3, -0.25) is 4.98 Å². The third-order valence-electron chi connectivity index (χ3n) is 3.94. The first-order valence-electron chi connectivity index (χ1n) is 7.00. The summed E-state index contributed by atoms with van der Waals surface area (Å²) in [5.74, 6) is 0. The Morgan fingerprint density at radius 2 is 1.74 bits per heavy atom. The van der Waals surface area contributed by atoms with Crippen LogP contribution in [0.15, 0.2) is 18.2 Å². The van der Waals surface area contributed by atoms with Crippen molar-refractivity contribution in [1.29, 1.82) is 0 Å². The molecule has 0 radical (unpaired) electrons. The highest BCUT2D eigenvalue weighted by atomic mass is 15.2. The van der Waals surface area contributed by atoms with Gasteiger partial charge >= 0.3 is 0 Å². The van der Waals surface area contributed by atoms with Gasteiger partial charge in [-0.05, 0) is 38.0 Å². The van der Waals surface area contributed by atoms with Crippen LogP contribution in [0.3, 0.4) is 0 Å². The van der Waals surface area contributed by atoms with Crippen LogP contribution in [0.5, 0.6) is 0 Å². The Morgan fingerprint density at radius 3 is 2.47 bits per heavy atom. The number of benzene rings is 1. The first kappa shape index (κ1) is 12.4. The molecule has 1 N–H and O–H groups in total. The van der Waals surface area contributed by atoms with E-state index >= 15 is 0 Å². The molecule has 1 fully saturated rings. The molecule has 1 saturated heterocycles. The summed E-state index contributed by atoms with van der Waals surface area (Å²) in [6.45, 7) is 10.7. The maximum atomic E-state index is 4.75. The molecule has 100 valence electrons. The summed E-state index contributed by atoms with van der Waals surface area (Å²) in [4.78, 5) is 7.24. The number of hydrogen-bond donors (Lipinski definition) is 1. The van der Waals surface area contributed by atoms with Crippen molar-refractivity contribution >= 4 is 16.6 Å². The van der Waals surface area contributed by atoms with Gasteiger partial charge in [-0.1, -0.05) is 12.1 Å². The normalized spacial score (nSPS) is 16.1. The fourth-order valence-electron chi connectivity index (χ4n) is 2.90. The van der Waals surface area contributed by atoms with E-state index in [2.05, 4.69) is 49.2 Å². The average molecular weight is 255 g/mol. The molecule has 3 heteroatoms. The minimum atomic E-state index is 1.06. The van der Waals surface area contributed by atoms with Crippen LogP contribution < -0.4 is 10.2 Å². The van der Waals surface area contributed by atoms with Crippen molar-refractivity contribution in [2.75, 3.05) is 31.1 Å². The predicted octanol–water partition coefficient (Wildman–Crippen LogP) is 2.57. The summed E-state index contributed by atoms with van der Waals surface area (Å²) >= 11 is 0. The van der Waals surface area contributed by atoms with E-state index in [1.807, 2.05) is 0 Å². The minimum absolute atomic E-state index is 1.06. The van der Waals surface area contributed by atoms with E-state index in [0.29, 0.717) is 0 Å². The molecule has 0 saturated carbocycles. The van der Waals surface area contributed by atoms with Crippen LogP contribution in [-0.4, -0.2) is 31.2 Å². The standard InChI is InChI=1S/C16H21N3/c1-11-4-5-12(2)16-15(11)14(10-13(3)18-16)19-8-6-17-7-9-19/h4-5,10,17H,6-9H2,1-3H3. The number of nitrogens with one attached hydrogen (secondary N) is 1. The summed E-state index contributed by atoms with van der Waals surface area (Å²) in [6.07, 6.45) is 0. The third kappa shape index (κ3) is 2.19. The van der Waals surface area contributed by atoms with Crippen LogP contribution in [-0.2, 0) is 0 Å². The molecule has 0 bridgehead atoms. The van der Waals surface area contributed by atoms with Crippen molar-refractivity contribution in [2.24, 2.45) is 0 Å². The maximum Gasteiger partial charge on any atom is 0.0757 e. The lowest BCUT2D eigenvalue weighted by Crippen LogP contribution is -2.43. The van der Waals surface area contributed by atoms with Crippen LogP contribution in [0.2, 0.25) is 0 Å². The van der Waals surface area contributed by atoms with E-state index in [-0.39, 0.29) is 0 Å². The SMILES string of the molecule is Cc1cc(N2CCNCC2)c2c(C)ccc(C)c2n1. The number of pyridine rings is 1. The highest BCUT2D eigenvalue weighted by Gasteiger charge is 2.16. The first-order valence-corrected chi connectivity index (χ1v) is 7.00. The Kier molecular flexibility index (Phi) is 3.15. The second-order valence-electron chi connectivity index (χ2n) is 5.44. The molecule has 2 aromatic rings. The second-order valence-corrected chi connectivity index (χ2v) is 5.44. The average Bonchev–Trinajstić information content (AvgIpc) is 2.43. The van der Waals surface area contributed by atoms with Crippen LogP contribution >= 0.6 is 0 Å². The molecule has 0 unspecified atom stereocenters. The van der Waals surface area contributed by atoms with E-state index in [0.717, 1.165) is 37.4 Å². The minimum Gasteiger partial charge on any atom is -0.368 e. The second kappa shape index (κ2) is 4.82. The molecule has 1 aliphatic rings. The van der Waals surface area contributed by atoms with Crippen molar-refractivity contribution in [3.8, 4) is 0 Å². The number of aryl methyl sites for hydroxylation is 3. The van der Waals surface area contributed by atoms with Crippen LogP contribution in [0.4, 0.5) is 5.69 Å². The number of aromatic nitrogens is 1. The Balaban J connectivity index is 2.24. The third-order valence-corrected chi connectivity index (χ3v) is 3.94. The lowest BCUT2D eigenvalue weighted by Gasteiger charge is -2.31. The van der Waals surface area contributed by atoms with E-state index in [9.17, 15) is 0 Å². The van der Waals surface area contributed by atoms with Crippen molar-refractivity contribution < 1.29 is 0 Å². The van der Waals surface area contributed by atoms with Gasteiger partial charge in [0.15, 0.2) is 0 Å². The summed E-state index contributed by atoms with van der Waals surface area (Å²) < 4.78 is 0. The molecule has 3 nitrogen and oxygen atoms in total.